The van der Waals surface area contributed by atoms with Crippen LogP contribution in [0.25, 0.3) is 0 Å². The first-order valence-corrected chi connectivity index (χ1v) is 7.59. The monoisotopic (exact) mass is 329 g/mol. The first-order chi connectivity index (χ1) is 11.7. The number of pyridine rings is 1. The van der Waals surface area contributed by atoms with Crippen molar-refractivity contribution in [1.29, 1.82) is 0 Å². The molecule has 7 heteroatoms. The van der Waals surface area contributed by atoms with Gasteiger partial charge in [-0.1, -0.05) is 12.1 Å². The summed E-state index contributed by atoms with van der Waals surface area (Å²) in [5.74, 6) is 1.92. The van der Waals surface area contributed by atoms with Gasteiger partial charge in [-0.05, 0) is 30.7 Å². The summed E-state index contributed by atoms with van der Waals surface area (Å²) in [6.45, 7) is 2.46. The van der Waals surface area contributed by atoms with Crippen LogP contribution in [-0.2, 0) is 6.54 Å². The molecule has 0 saturated carbocycles. The predicted molar refractivity (Wildman–Crippen MR) is 87.1 cm³/mol. The fourth-order valence-electron chi connectivity index (χ4n) is 2.43. The summed E-state index contributed by atoms with van der Waals surface area (Å²) in [5.41, 5.74) is 1.75. The molecule has 1 aliphatic rings. The highest BCUT2D eigenvalue weighted by molar-refractivity contribution is 5.74. The molecule has 1 aliphatic heterocycles. The largest absolute Gasteiger partial charge is 0.481 e. The van der Waals surface area contributed by atoms with Crippen molar-refractivity contribution in [1.82, 2.24) is 15.6 Å². The van der Waals surface area contributed by atoms with Crippen molar-refractivity contribution in [3.05, 3.63) is 47.7 Å². The van der Waals surface area contributed by atoms with E-state index in [2.05, 4.69) is 15.6 Å². The molecule has 24 heavy (non-hydrogen) atoms. The minimum atomic E-state index is -0.272. The Balaban J connectivity index is 1.56. The van der Waals surface area contributed by atoms with Crippen molar-refractivity contribution in [2.45, 2.75) is 19.5 Å². The lowest BCUT2D eigenvalue weighted by molar-refractivity contribution is 0.174. The van der Waals surface area contributed by atoms with Crippen LogP contribution in [0.5, 0.6) is 17.4 Å². The molecule has 1 unspecified atom stereocenters. The number of nitrogens with one attached hydrogen (secondary N) is 2. The van der Waals surface area contributed by atoms with Crippen molar-refractivity contribution in [2.75, 3.05) is 13.9 Å². The second kappa shape index (κ2) is 7.08. The highest BCUT2D eigenvalue weighted by Gasteiger charge is 2.17. The quantitative estimate of drug-likeness (QED) is 0.880. The second-order valence-electron chi connectivity index (χ2n) is 5.33. The summed E-state index contributed by atoms with van der Waals surface area (Å²) in [6, 6.07) is 8.83. The number of benzene rings is 1. The normalized spacial score (nSPS) is 13.2. The highest BCUT2D eigenvalue weighted by Crippen LogP contribution is 2.34. The Bertz CT molecular complexity index is 736. The molecule has 0 saturated heterocycles. The van der Waals surface area contributed by atoms with Crippen LogP contribution in [0, 0.1) is 0 Å². The summed E-state index contributed by atoms with van der Waals surface area (Å²) < 4.78 is 15.8. The maximum atomic E-state index is 12.1. The van der Waals surface area contributed by atoms with Crippen LogP contribution in [0.2, 0.25) is 0 Å². The number of nitrogens with zero attached hydrogens (tertiary/aromatic N) is 1. The van der Waals surface area contributed by atoms with Crippen LogP contribution in [0.4, 0.5) is 4.79 Å². The lowest BCUT2D eigenvalue weighted by Gasteiger charge is -2.16. The number of rotatable bonds is 5. The summed E-state index contributed by atoms with van der Waals surface area (Å²) >= 11 is 0. The lowest BCUT2D eigenvalue weighted by atomic mass is 10.1. The Labute approximate surface area is 139 Å². The number of methoxy groups -OCH3 is 1. The molecule has 2 heterocycles. The molecule has 7 nitrogen and oxygen atoms in total. The van der Waals surface area contributed by atoms with Crippen LogP contribution in [0.15, 0.2) is 36.5 Å². The van der Waals surface area contributed by atoms with Gasteiger partial charge in [-0.15, -0.1) is 0 Å². The molecule has 1 atom stereocenters. The van der Waals surface area contributed by atoms with E-state index in [1.165, 1.54) is 0 Å². The third kappa shape index (κ3) is 3.51. The van der Waals surface area contributed by atoms with Gasteiger partial charge in [-0.25, -0.2) is 9.78 Å². The zero-order valence-electron chi connectivity index (χ0n) is 13.5. The Kier molecular flexibility index (Phi) is 4.69. The minimum absolute atomic E-state index is 0.171. The number of fused-ring (bicyclic) bond motifs is 1. The fraction of sp³-hybridized carbons (Fsp3) is 0.294. The average molecular weight is 329 g/mol. The van der Waals surface area contributed by atoms with E-state index < -0.39 is 0 Å². The van der Waals surface area contributed by atoms with Gasteiger partial charge < -0.3 is 24.8 Å². The Morgan fingerprint density at radius 2 is 2.17 bits per heavy atom. The number of amides is 2. The summed E-state index contributed by atoms with van der Waals surface area (Å²) in [6.07, 6.45) is 1.64. The number of carbonyl (C=O) groups is 1. The third-order valence-electron chi connectivity index (χ3n) is 3.73. The van der Waals surface area contributed by atoms with Crippen LogP contribution in [-0.4, -0.2) is 24.9 Å². The summed E-state index contributed by atoms with van der Waals surface area (Å²) in [7, 11) is 1.55. The minimum Gasteiger partial charge on any atom is -0.481 e. The van der Waals surface area contributed by atoms with Gasteiger partial charge in [-0.3, -0.25) is 0 Å². The molecule has 2 aromatic rings. The molecule has 1 aromatic carbocycles. The Morgan fingerprint density at radius 1 is 1.33 bits per heavy atom. The molecular weight excluding hydrogens is 310 g/mol. The molecule has 0 spiro atoms. The standard InChI is InChI=1S/C17H19N3O4/c1-11(12-5-6-14-15(8-12)24-10-23-14)20-17(21)19-9-13-4-3-7-18-16(13)22-2/h3-8,11H,9-10H2,1-2H3,(H2,19,20,21). The van der Waals surface area contributed by atoms with Gasteiger partial charge >= 0.3 is 6.03 Å². The first-order valence-electron chi connectivity index (χ1n) is 7.59. The number of urea groups is 1. The predicted octanol–water partition coefficient (Wildman–Crippen LogP) is 2.38. The number of aromatic nitrogens is 1. The molecular formula is C17H19N3O4. The van der Waals surface area contributed by atoms with Gasteiger partial charge in [0.2, 0.25) is 12.7 Å². The molecule has 126 valence electrons. The SMILES string of the molecule is COc1ncccc1CNC(=O)NC(C)c1ccc2c(c1)OCO2. The molecule has 3 rings (SSSR count). The van der Waals surface area contributed by atoms with E-state index in [0.29, 0.717) is 18.2 Å². The molecule has 2 N–H and O–H groups in total. The number of ether oxygens (including phenoxy) is 3. The molecule has 0 aliphatic carbocycles. The highest BCUT2D eigenvalue weighted by atomic mass is 16.7. The lowest BCUT2D eigenvalue weighted by Crippen LogP contribution is -2.36. The second-order valence-corrected chi connectivity index (χ2v) is 5.33. The van der Waals surface area contributed by atoms with Gasteiger partial charge in [0.25, 0.3) is 0 Å². The summed E-state index contributed by atoms with van der Waals surface area (Å²) in [5, 5.41) is 5.69. The van der Waals surface area contributed by atoms with E-state index in [-0.39, 0.29) is 18.9 Å². The molecule has 0 fully saturated rings. The fourth-order valence-corrected chi connectivity index (χ4v) is 2.43. The van der Waals surface area contributed by atoms with Crippen molar-refractivity contribution in [3.63, 3.8) is 0 Å². The topological polar surface area (TPSA) is 81.7 Å². The molecule has 2 amide bonds. The number of hydrogen-bond donors (Lipinski definition) is 2. The van der Waals surface area contributed by atoms with Crippen LogP contribution in [0.1, 0.15) is 24.1 Å². The van der Waals surface area contributed by atoms with Gasteiger partial charge in [-0.2, -0.15) is 0 Å². The van der Waals surface area contributed by atoms with Crippen LogP contribution < -0.4 is 24.8 Å². The van der Waals surface area contributed by atoms with E-state index in [9.17, 15) is 4.79 Å². The van der Waals surface area contributed by atoms with Crippen molar-refractivity contribution < 1.29 is 19.0 Å². The molecule has 1 aromatic heterocycles. The van der Waals surface area contributed by atoms with E-state index in [0.717, 1.165) is 16.9 Å². The number of hydrogen-bond acceptors (Lipinski definition) is 5. The van der Waals surface area contributed by atoms with Gasteiger partial charge in [0, 0.05) is 18.3 Å². The van der Waals surface area contributed by atoms with Gasteiger partial charge in [0.1, 0.15) is 0 Å². The first kappa shape index (κ1) is 15.9. The van der Waals surface area contributed by atoms with Crippen LogP contribution >= 0.6 is 0 Å². The average Bonchev–Trinajstić information content (AvgIpc) is 3.07. The summed E-state index contributed by atoms with van der Waals surface area (Å²) in [4.78, 5) is 16.2. The Morgan fingerprint density at radius 3 is 3.00 bits per heavy atom. The molecule has 0 bridgehead atoms. The molecule has 0 radical (unpaired) electrons. The van der Waals surface area contributed by atoms with E-state index in [1.54, 1.807) is 19.4 Å². The van der Waals surface area contributed by atoms with Crippen molar-refractivity contribution in [3.8, 4) is 17.4 Å². The van der Waals surface area contributed by atoms with E-state index in [1.807, 2.05) is 31.2 Å². The Hall–Kier alpha value is -2.96. The van der Waals surface area contributed by atoms with Crippen LogP contribution in [0.3, 0.4) is 0 Å². The van der Waals surface area contributed by atoms with Crippen molar-refractivity contribution in [2.24, 2.45) is 0 Å². The van der Waals surface area contributed by atoms with Crippen molar-refractivity contribution >= 4 is 6.03 Å². The van der Waals surface area contributed by atoms with Gasteiger partial charge in [0.15, 0.2) is 11.5 Å². The van der Waals surface area contributed by atoms with Gasteiger partial charge in [0.05, 0.1) is 13.2 Å². The van der Waals surface area contributed by atoms with E-state index in [4.69, 9.17) is 14.2 Å². The maximum absolute atomic E-state index is 12.1. The number of carbonyl (C=O) groups excluding carboxylic acids is 1. The zero-order chi connectivity index (χ0) is 16.9. The maximum Gasteiger partial charge on any atom is 0.315 e. The zero-order valence-corrected chi connectivity index (χ0v) is 13.5. The van der Waals surface area contributed by atoms with E-state index >= 15 is 0 Å². The smallest absolute Gasteiger partial charge is 0.315 e. The third-order valence-corrected chi connectivity index (χ3v) is 3.73.